The van der Waals surface area contributed by atoms with E-state index >= 15 is 0 Å². The van der Waals surface area contributed by atoms with Gasteiger partial charge in [-0.2, -0.15) is 5.10 Å². The number of anilines is 1. The number of carbonyl (C=O) groups excluding carboxylic acids is 3. The van der Waals surface area contributed by atoms with E-state index in [4.69, 9.17) is 4.74 Å². The number of halogens is 1. The first-order valence-electron chi connectivity index (χ1n) is 14.4. The molecule has 1 unspecified atom stereocenters. The first kappa shape index (κ1) is 29.3. The molecule has 218 valence electrons. The fourth-order valence-electron chi connectivity index (χ4n) is 5.86. The molecule has 2 aromatic carbocycles. The number of piperidine rings is 2. The van der Waals surface area contributed by atoms with Gasteiger partial charge in [0.05, 0.1) is 29.8 Å². The lowest BCUT2D eigenvalue weighted by molar-refractivity contribution is -0.134. The standard InChI is InChI=1S/C31H38BrN5O4/c1-19-16-23(7-10-26(19)32)41-20(2)4-5-21-12-14-37(15-13-21)18-29(39)33-22-6-8-24-27(17-22)36(3)35-30(24)25-9-11-28(38)34-31(25)40/h6-8,10,16-17,20-21,25H,4-5,9,11-15,18H2,1-3H3,(H,33,39)(H,34,38,40)/t20-,25?/m1/s1. The predicted molar refractivity (Wildman–Crippen MR) is 162 cm³/mol. The van der Waals surface area contributed by atoms with Crippen LogP contribution in [0.1, 0.15) is 62.6 Å². The van der Waals surface area contributed by atoms with Gasteiger partial charge < -0.3 is 10.1 Å². The monoisotopic (exact) mass is 623 g/mol. The third-order valence-corrected chi connectivity index (χ3v) is 9.15. The quantitative estimate of drug-likeness (QED) is 0.323. The minimum absolute atomic E-state index is 0.0397. The number of hydrogen-bond acceptors (Lipinski definition) is 6. The number of likely N-dealkylation sites (tertiary alicyclic amines) is 1. The van der Waals surface area contributed by atoms with Gasteiger partial charge in [-0.05, 0) is 107 Å². The highest BCUT2D eigenvalue weighted by molar-refractivity contribution is 9.10. The zero-order chi connectivity index (χ0) is 29.1. The highest BCUT2D eigenvalue weighted by Crippen LogP contribution is 2.32. The Labute approximate surface area is 249 Å². The van der Waals surface area contributed by atoms with Gasteiger partial charge in [0.15, 0.2) is 0 Å². The fourth-order valence-corrected chi connectivity index (χ4v) is 6.11. The second-order valence-corrected chi connectivity index (χ2v) is 12.3. The molecule has 2 N–H and O–H groups in total. The van der Waals surface area contributed by atoms with Gasteiger partial charge in [0, 0.05) is 29.0 Å². The number of carbonyl (C=O) groups is 3. The summed E-state index contributed by atoms with van der Waals surface area (Å²) >= 11 is 3.54. The number of nitrogens with one attached hydrogen (secondary N) is 2. The highest BCUT2D eigenvalue weighted by atomic mass is 79.9. The van der Waals surface area contributed by atoms with E-state index in [2.05, 4.69) is 56.5 Å². The van der Waals surface area contributed by atoms with Gasteiger partial charge in [0.2, 0.25) is 17.7 Å². The minimum Gasteiger partial charge on any atom is -0.491 e. The van der Waals surface area contributed by atoms with Crippen LogP contribution >= 0.6 is 15.9 Å². The van der Waals surface area contributed by atoms with Gasteiger partial charge in [-0.3, -0.25) is 29.3 Å². The van der Waals surface area contributed by atoms with E-state index in [1.54, 1.807) is 4.68 Å². The van der Waals surface area contributed by atoms with Crippen molar-refractivity contribution >= 4 is 50.2 Å². The van der Waals surface area contributed by atoms with Crippen LogP contribution in [0.3, 0.4) is 0 Å². The fraction of sp³-hybridized carbons (Fsp3) is 0.484. The SMILES string of the molecule is Cc1cc(O[C@H](C)CCC2CCN(CC(=O)Nc3ccc4c(C5CCC(=O)NC5=O)nn(C)c4c3)CC2)ccc1Br. The number of hydrogen-bond donors (Lipinski definition) is 2. The van der Waals surface area contributed by atoms with Crippen LogP contribution in [0.2, 0.25) is 0 Å². The first-order chi connectivity index (χ1) is 19.7. The van der Waals surface area contributed by atoms with E-state index in [1.165, 1.54) is 5.56 Å². The molecule has 41 heavy (non-hydrogen) atoms. The van der Waals surface area contributed by atoms with E-state index in [0.29, 0.717) is 36.7 Å². The Bertz CT molecular complexity index is 1450. The van der Waals surface area contributed by atoms with Crippen molar-refractivity contribution in [1.29, 1.82) is 0 Å². The van der Waals surface area contributed by atoms with Gasteiger partial charge in [0.25, 0.3) is 0 Å². The lowest BCUT2D eigenvalue weighted by atomic mass is 9.91. The van der Waals surface area contributed by atoms with Gasteiger partial charge >= 0.3 is 0 Å². The summed E-state index contributed by atoms with van der Waals surface area (Å²) in [5.41, 5.74) is 3.36. The van der Waals surface area contributed by atoms with Crippen molar-refractivity contribution < 1.29 is 19.1 Å². The van der Waals surface area contributed by atoms with Crippen LogP contribution in [0.5, 0.6) is 5.75 Å². The Morgan fingerprint density at radius 3 is 2.68 bits per heavy atom. The molecule has 2 aliphatic heterocycles. The van der Waals surface area contributed by atoms with Crippen molar-refractivity contribution in [2.75, 3.05) is 25.0 Å². The van der Waals surface area contributed by atoms with E-state index in [-0.39, 0.29) is 23.8 Å². The Morgan fingerprint density at radius 2 is 1.95 bits per heavy atom. The van der Waals surface area contributed by atoms with Crippen LogP contribution in [-0.4, -0.2) is 58.1 Å². The maximum Gasteiger partial charge on any atom is 0.238 e. The zero-order valence-electron chi connectivity index (χ0n) is 23.9. The number of imide groups is 1. The van der Waals surface area contributed by atoms with Crippen LogP contribution in [-0.2, 0) is 21.4 Å². The summed E-state index contributed by atoms with van der Waals surface area (Å²) in [6.45, 7) is 6.39. The van der Waals surface area contributed by atoms with E-state index in [1.807, 2.05) is 37.4 Å². The predicted octanol–water partition coefficient (Wildman–Crippen LogP) is 5.06. The van der Waals surface area contributed by atoms with E-state index in [0.717, 1.165) is 59.9 Å². The first-order valence-corrected chi connectivity index (χ1v) is 15.2. The van der Waals surface area contributed by atoms with Crippen molar-refractivity contribution in [3.05, 3.63) is 52.1 Å². The number of benzene rings is 2. The van der Waals surface area contributed by atoms with Crippen molar-refractivity contribution in [2.45, 2.75) is 64.4 Å². The molecular formula is C31H38BrN5O4. The molecule has 3 aromatic rings. The summed E-state index contributed by atoms with van der Waals surface area (Å²) in [5.74, 6) is 0.524. The van der Waals surface area contributed by atoms with Gasteiger partial charge in [-0.15, -0.1) is 0 Å². The molecule has 3 heterocycles. The molecule has 5 rings (SSSR count). The molecule has 2 fully saturated rings. The van der Waals surface area contributed by atoms with E-state index in [9.17, 15) is 14.4 Å². The molecule has 0 aliphatic carbocycles. The van der Waals surface area contributed by atoms with Crippen molar-refractivity contribution in [3.63, 3.8) is 0 Å². The van der Waals surface area contributed by atoms with Gasteiger partial charge in [-0.25, -0.2) is 0 Å². The largest absolute Gasteiger partial charge is 0.491 e. The normalized spacial score (nSPS) is 19.3. The molecule has 1 aromatic heterocycles. The van der Waals surface area contributed by atoms with Crippen LogP contribution in [0.15, 0.2) is 40.9 Å². The molecule has 10 heteroatoms. The number of aromatic nitrogens is 2. The Balaban J connectivity index is 1.08. The summed E-state index contributed by atoms with van der Waals surface area (Å²) in [6.07, 6.45) is 5.23. The number of rotatable bonds is 9. The zero-order valence-corrected chi connectivity index (χ0v) is 25.5. The van der Waals surface area contributed by atoms with Crippen LogP contribution in [0, 0.1) is 12.8 Å². The lowest BCUT2D eigenvalue weighted by Crippen LogP contribution is -2.39. The van der Waals surface area contributed by atoms with Crippen LogP contribution < -0.4 is 15.4 Å². The van der Waals surface area contributed by atoms with Crippen molar-refractivity contribution in [1.82, 2.24) is 20.0 Å². The van der Waals surface area contributed by atoms with Gasteiger partial charge in [0.1, 0.15) is 5.75 Å². The highest BCUT2D eigenvalue weighted by Gasteiger charge is 2.31. The maximum absolute atomic E-state index is 12.9. The number of amides is 3. The third kappa shape index (κ3) is 7.16. The van der Waals surface area contributed by atoms with Crippen LogP contribution in [0.25, 0.3) is 10.9 Å². The third-order valence-electron chi connectivity index (χ3n) is 8.26. The molecule has 2 saturated heterocycles. The summed E-state index contributed by atoms with van der Waals surface area (Å²) < 4.78 is 8.94. The second kappa shape index (κ2) is 12.7. The maximum atomic E-state index is 12.9. The molecule has 9 nitrogen and oxygen atoms in total. The molecule has 2 atom stereocenters. The lowest BCUT2D eigenvalue weighted by Gasteiger charge is -2.32. The molecule has 3 amide bonds. The van der Waals surface area contributed by atoms with Gasteiger partial charge in [-0.1, -0.05) is 15.9 Å². The molecule has 0 saturated carbocycles. The molecular weight excluding hydrogens is 586 g/mol. The topological polar surface area (TPSA) is 106 Å². The second-order valence-electron chi connectivity index (χ2n) is 11.4. The number of nitrogens with zero attached hydrogens (tertiary/aromatic N) is 3. The number of fused-ring (bicyclic) bond motifs is 1. The molecule has 0 radical (unpaired) electrons. The summed E-state index contributed by atoms with van der Waals surface area (Å²) in [6, 6.07) is 11.7. The summed E-state index contributed by atoms with van der Waals surface area (Å²) in [7, 11) is 1.82. The Hall–Kier alpha value is -3.24. The van der Waals surface area contributed by atoms with Crippen molar-refractivity contribution in [2.24, 2.45) is 13.0 Å². The Kier molecular flexibility index (Phi) is 9.09. The average Bonchev–Trinajstić information content (AvgIpc) is 3.25. The molecule has 0 bridgehead atoms. The smallest absolute Gasteiger partial charge is 0.238 e. The number of aryl methyl sites for hydroxylation is 2. The van der Waals surface area contributed by atoms with Crippen LogP contribution in [0.4, 0.5) is 5.69 Å². The van der Waals surface area contributed by atoms with E-state index < -0.39 is 5.92 Å². The molecule has 0 spiro atoms. The summed E-state index contributed by atoms with van der Waals surface area (Å²) in [5, 5.41) is 10.9. The molecule has 2 aliphatic rings. The Morgan fingerprint density at radius 1 is 1.17 bits per heavy atom. The average molecular weight is 625 g/mol. The minimum atomic E-state index is -0.453. The number of ether oxygens (including phenoxy) is 1. The van der Waals surface area contributed by atoms with Crippen molar-refractivity contribution in [3.8, 4) is 5.75 Å². The summed E-state index contributed by atoms with van der Waals surface area (Å²) in [4.78, 5) is 39.0.